The Morgan fingerprint density at radius 1 is 1.09 bits per heavy atom. The van der Waals surface area contributed by atoms with Gasteiger partial charge in [0.05, 0.1) is 6.26 Å². The minimum atomic E-state index is -0.421. The highest BCUT2D eigenvalue weighted by molar-refractivity contribution is 6.00. The molecule has 3 aromatic rings. The molecule has 0 unspecified atom stereocenters. The average Bonchev–Trinajstić information content (AvgIpc) is 3.26. The van der Waals surface area contributed by atoms with Crippen LogP contribution in [0.15, 0.2) is 45.4 Å². The van der Waals surface area contributed by atoms with E-state index in [-0.39, 0.29) is 11.8 Å². The molecule has 1 aromatic carbocycles. The van der Waals surface area contributed by atoms with Gasteiger partial charge in [0.25, 0.3) is 5.91 Å². The Bertz CT molecular complexity index is 837. The van der Waals surface area contributed by atoms with Gasteiger partial charge in [-0.1, -0.05) is 11.2 Å². The topological polar surface area (TPSA) is 81.2 Å². The molecule has 0 spiro atoms. The Balaban J connectivity index is 1.55. The molecule has 1 amide bonds. The highest BCUT2D eigenvalue weighted by Gasteiger charge is 2.16. The van der Waals surface area contributed by atoms with Crippen molar-refractivity contribution in [2.24, 2.45) is 0 Å². The van der Waals surface area contributed by atoms with Crippen LogP contribution in [0.4, 0.5) is 6.01 Å². The van der Waals surface area contributed by atoms with E-state index < -0.39 is 5.91 Å². The highest BCUT2D eigenvalue weighted by Crippen LogP contribution is 2.27. The summed E-state index contributed by atoms with van der Waals surface area (Å²) in [6.07, 6.45) is 6.10. The van der Waals surface area contributed by atoms with E-state index in [9.17, 15) is 4.79 Å². The van der Waals surface area contributed by atoms with Crippen molar-refractivity contribution >= 4 is 11.9 Å². The Morgan fingerprint density at radius 2 is 1.96 bits per heavy atom. The first kappa shape index (κ1) is 13.8. The summed E-state index contributed by atoms with van der Waals surface area (Å²) in [4.78, 5) is 11.9. The summed E-state index contributed by atoms with van der Waals surface area (Å²) >= 11 is 0. The van der Waals surface area contributed by atoms with E-state index in [1.165, 1.54) is 30.2 Å². The largest absolute Gasteiger partial charge is 0.459 e. The molecule has 0 saturated carbocycles. The van der Waals surface area contributed by atoms with Crippen molar-refractivity contribution < 1.29 is 13.6 Å². The predicted molar refractivity (Wildman–Crippen MR) is 83.0 cm³/mol. The SMILES string of the molecule is O=C(Nc1nnc(-c2ccc3c(c2)CCCC3)o1)c1ccco1. The Hall–Kier alpha value is -2.89. The number of aryl methyl sites for hydroxylation is 2. The number of carbonyl (C=O) groups is 1. The van der Waals surface area contributed by atoms with Gasteiger partial charge in [-0.3, -0.25) is 10.1 Å². The molecule has 2 heterocycles. The maximum absolute atomic E-state index is 11.9. The van der Waals surface area contributed by atoms with E-state index in [0.717, 1.165) is 18.4 Å². The number of nitrogens with zero attached hydrogens (tertiary/aromatic N) is 2. The van der Waals surface area contributed by atoms with Crippen molar-refractivity contribution in [3.05, 3.63) is 53.5 Å². The van der Waals surface area contributed by atoms with Crippen LogP contribution in [0.3, 0.4) is 0 Å². The smallest absolute Gasteiger partial charge is 0.322 e. The Morgan fingerprint density at radius 3 is 2.78 bits per heavy atom. The van der Waals surface area contributed by atoms with Gasteiger partial charge in [0.2, 0.25) is 5.89 Å². The van der Waals surface area contributed by atoms with Crippen LogP contribution in [-0.4, -0.2) is 16.1 Å². The monoisotopic (exact) mass is 309 g/mol. The van der Waals surface area contributed by atoms with Crippen LogP contribution in [0, 0.1) is 0 Å². The lowest BCUT2D eigenvalue weighted by atomic mass is 9.90. The highest BCUT2D eigenvalue weighted by atomic mass is 16.4. The van der Waals surface area contributed by atoms with Gasteiger partial charge in [0, 0.05) is 5.56 Å². The van der Waals surface area contributed by atoms with Gasteiger partial charge < -0.3 is 8.83 Å². The number of furan rings is 1. The zero-order chi connectivity index (χ0) is 15.6. The first-order chi connectivity index (χ1) is 11.3. The Labute approximate surface area is 132 Å². The van der Waals surface area contributed by atoms with Gasteiger partial charge in [-0.25, -0.2) is 0 Å². The number of aromatic nitrogens is 2. The number of benzene rings is 1. The summed E-state index contributed by atoms with van der Waals surface area (Å²) in [6.45, 7) is 0. The number of hydrogen-bond donors (Lipinski definition) is 1. The van der Waals surface area contributed by atoms with Gasteiger partial charge in [-0.15, -0.1) is 5.10 Å². The summed E-state index contributed by atoms with van der Waals surface area (Å²) in [5, 5.41) is 10.4. The number of anilines is 1. The summed E-state index contributed by atoms with van der Waals surface area (Å²) in [5.41, 5.74) is 3.61. The molecule has 0 atom stereocenters. The van der Waals surface area contributed by atoms with E-state index in [4.69, 9.17) is 8.83 Å². The van der Waals surface area contributed by atoms with Crippen molar-refractivity contribution in [2.75, 3.05) is 5.32 Å². The lowest BCUT2D eigenvalue weighted by molar-refractivity contribution is 0.0994. The Kier molecular flexibility index (Phi) is 3.42. The van der Waals surface area contributed by atoms with Crippen LogP contribution in [-0.2, 0) is 12.8 Å². The molecule has 1 N–H and O–H groups in total. The van der Waals surface area contributed by atoms with Gasteiger partial charge >= 0.3 is 6.01 Å². The van der Waals surface area contributed by atoms with Gasteiger partial charge in [-0.05, 0) is 61.1 Å². The third kappa shape index (κ3) is 2.75. The van der Waals surface area contributed by atoms with Crippen LogP contribution in [0.5, 0.6) is 0 Å². The maximum Gasteiger partial charge on any atom is 0.322 e. The summed E-state index contributed by atoms with van der Waals surface area (Å²) in [7, 11) is 0. The van der Waals surface area contributed by atoms with E-state index in [2.05, 4.69) is 27.6 Å². The van der Waals surface area contributed by atoms with Gasteiger partial charge in [0.1, 0.15) is 0 Å². The molecular formula is C17H15N3O3. The molecule has 6 heteroatoms. The molecule has 116 valence electrons. The van der Waals surface area contributed by atoms with E-state index >= 15 is 0 Å². The van der Waals surface area contributed by atoms with Crippen LogP contribution in [0.25, 0.3) is 11.5 Å². The van der Waals surface area contributed by atoms with Crippen LogP contribution >= 0.6 is 0 Å². The van der Waals surface area contributed by atoms with Crippen molar-refractivity contribution in [2.45, 2.75) is 25.7 Å². The molecule has 0 radical (unpaired) electrons. The molecule has 0 fully saturated rings. The van der Waals surface area contributed by atoms with E-state index in [0.29, 0.717) is 5.89 Å². The molecule has 6 nitrogen and oxygen atoms in total. The lowest BCUT2D eigenvalue weighted by Crippen LogP contribution is -2.10. The summed E-state index contributed by atoms with van der Waals surface area (Å²) < 4.78 is 10.6. The molecule has 2 aromatic heterocycles. The van der Waals surface area contributed by atoms with Crippen molar-refractivity contribution in [1.82, 2.24) is 10.2 Å². The third-order valence-corrected chi connectivity index (χ3v) is 3.99. The molecule has 0 aliphatic heterocycles. The van der Waals surface area contributed by atoms with Crippen LogP contribution < -0.4 is 5.32 Å². The lowest BCUT2D eigenvalue weighted by Gasteiger charge is -2.15. The molecule has 23 heavy (non-hydrogen) atoms. The zero-order valence-electron chi connectivity index (χ0n) is 12.4. The molecule has 0 bridgehead atoms. The van der Waals surface area contributed by atoms with E-state index in [1.54, 1.807) is 12.1 Å². The summed E-state index contributed by atoms with van der Waals surface area (Å²) in [6, 6.07) is 9.46. The number of amides is 1. The standard InChI is InChI=1S/C17H15N3O3/c21-15(14-6-3-9-22-14)18-17-20-19-16(23-17)13-8-7-11-4-1-2-5-12(11)10-13/h3,6-10H,1-2,4-5H2,(H,18,20,21). The van der Waals surface area contributed by atoms with Gasteiger partial charge in [0.15, 0.2) is 5.76 Å². The second-order valence-electron chi connectivity index (χ2n) is 5.53. The fourth-order valence-corrected chi connectivity index (χ4v) is 2.82. The fourth-order valence-electron chi connectivity index (χ4n) is 2.82. The second kappa shape index (κ2) is 5.72. The first-order valence-corrected chi connectivity index (χ1v) is 7.60. The number of hydrogen-bond acceptors (Lipinski definition) is 5. The number of rotatable bonds is 3. The van der Waals surface area contributed by atoms with Crippen LogP contribution in [0.1, 0.15) is 34.5 Å². The third-order valence-electron chi connectivity index (χ3n) is 3.99. The minimum Gasteiger partial charge on any atom is -0.459 e. The molecular weight excluding hydrogens is 294 g/mol. The van der Waals surface area contributed by atoms with Gasteiger partial charge in [-0.2, -0.15) is 0 Å². The van der Waals surface area contributed by atoms with Crippen molar-refractivity contribution in [3.8, 4) is 11.5 Å². The quantitative estimate of drug-likeness (QED) is 0.801. The maximum atomic E-state index is 11.9. The first-order valence-electron chi connectivity index (χ1n) is 7.60. The molecule has 1 aliphatic carbocycles. The second-order valence-corrected chi connectivity index (χ2v) is 5.53. The summed E-state index contributed by atoms with van der Waals surface area (Å²) in [5.74, 6) is 0.169. The predicted octanol–water partition coefficient (Wildman–Crippen LogP) is 3.46. The molecule has 0 saturated heterocycles. The minimum absolute atomic E-state index is 0.0547. The van der Waals surface area contributed by atoms with Crippen molar-refractivity contribution in [1.29, 1.82) is 0 Å². The van der Waals surface area contributed by atoms with Crippen molar-refractivity contribution in [3.63, 3.8) is 0 Å². The molecule has 4 rings (SSSR count). The van der Waals surface area contributed by atoms with E-state index in [1.807, 2.05) is 6.07 Å². The normalized spacial score (nSPS) is 13.6. The molecule has 1 aliphatic rings. The van der Waals surface area contributed by atoms with Crippen LogP contribution in [0.2, 0.25) is 0 Å². The fraction of sp³-hybridized carbons (Fsp3) is 0.235. The average molecular weight is 309 g/mol. The number of nitrogens with one attached hydrogen (secondary N) is 1. The number of carbonyl (C=O) groups excluding carboxylic acids is 1. The number of fused-ring (bicyclic) bond motifs is 1. The zero-order valence-corrected chi connectivity index (χ0v) is 12.4.